The first-order valence-corrected chi connectivity index (χ1v) is 7.93. The number of aromatic nitrogens is 2. The standard InChI is InChI=1S/C11H18N3O6P/c1-3-7-8(20-21(16,17)18-2)6-10(19-7)14-5-4-9(12)13-11(14)15/h4-5,7-8,10H,3,6H2,1-2H3,(H,16,17)(H2,12,13,15)/t7-,8-,10?/m1/s1. The highest BCUT2D eigenvalue weighted by molar-refractivity contribution is 7.47. The summed E-state index contributed by atoms with van der Waals surface area (Å²) < 4.78 is 28.0. The Labute approximate surface area is 121 Å². The second-order valence-corrected chi connectivity index (χ2v) is 6.12. The van der Waals surface area contributed by atoms with Crippen molar-refractivity contribution in [2.75, 3.05) is 12.8 Å². The van der Waals surface area contributed by atoms with Crippen LogP contribution in [0.4, 0.5) is 5.82 Å². The quantitative estimate of drug-likeness (QED) is 0.758. The van der Waals surface area contributed by atoms with Gasteiger partial charge in [0.25, 0.3) is 0 Å². The van der Waals surface area contributed by atoms with Gasteiger partial charge in [0.15, 0.2) is 0 Å². The number of nitrogens with two attached hydrogens (primary N) is 1. The Morgan fingerprint density at radius 3 is 2.95 bits per heavy atom. The molecule has 2 heterocycles. The molecule has 9 nitrogen and oxygen atoms in total. The van der Waals surface area contributed by atoms with Gasteiger partial charge in [0, 0.05) is 19.7 Å². The maximum absolute atomic E-state index is 11.8. The topological polar surface area (TPSA) is 126 Å². The summed E-state index contributed by atoms with van der Waals surface area (Å²) in [5.74, 6) is 0.119. The Morgan fingerprint density at radius 2 is 2.38 bits per heavy atom. The van der Waals surface area contributed by atoms with E-state index >= 15 is 0 Å². The van der Waals surface area contributed by atoms with Gasteiger partial charge in [-0.25, -0.2) is 9.36 Å². The Morgan fingerprint density at radius 1 is 1.67 bits per heavy atom. The van der Waals surface area contributed by atoms with Crippen LogP contribution < -0.4 is 11.4 Å². The van der Waals surface area contributed by atoms with Crippen molar-refractivity contribution in [3.05, 3.63) is 22.7 Å². The molecule has 0 amide bonds. The normalized spacial score (nSPS) is 28.4. The predicted molar refractivity (Wildman–Crippen MR) is 73.4 cm³/mol. The van der Waals surface area contributed by atoms with E-state index in [0.717, 1.165) is 7.11 Å². The highest BCUT2D eigenvalue weighted by atomic mass is 31.2. The first-order chi connectivity index (χ1) is 9.86. The minimum Gasteiger partial charge on any atom is -0.383 e. The van der Waals surface area contributed by atoms with Crippen LogP contribution in [0.5, 0.6) is 0 Å². The van der Waals surface area contributed by atoms with Crippen molar-refractivity contribution in [2.45, 2.75) is 38.2 Å². The van der Waals surface area contributed by atoms with Crippen LogP contribution in [0.25, 0.3) is 0 Å². The number of anilines is 1. The molecule has 0 aromatic carbocycles. The molecule has 0 spiro atoms. The fourth-order valence-corrected chi connectivity index (χ4v) is 2.85. The summed E-state index contributed by atoms with van der Waals surface area (Å²) in [6.07, 6.45) is 0.562. The Kier molecular flexibility index (Phi) is 4.80. The van der Waals surface area contributed by atoms with Crippen LogP contribution in [0.15, 0.2) is 17.1 Å². The Bertz CT molecular complexity index is 606. The van der Waals surface area contributed by atoms with E-state index in [0.29, 0.717) is 6.42 Å². The van der Waals surface area contributed by atoms with Crippen LogP contribution in [0.1, 0.15) is 26.0 Å². The third kappa shape index (κ3) is 3.69. The molecular formula is C11H18N3O6P. The number of rotatable bonds is 5. The molecular weight excluding hydrogens is 301 g/mol. The third-order valence-corrected chi connectivity index (χ3v) is 4.24. The molecule has 1 aromatic rings. The van der Waals surface area contributed by atoms with Gasteiger partial charge in [-0.05, 0) is 12.5 Å². The molecule has 2 unspecified atom stereocenters. The molecule has 10 heteroatoms. The minimum atomic E-state index is -4.11. The van der Waals surface area contributed by atoms with E-state index in [1.54, 1.807) is 0 Å². The molecule has 1 saturated heterocycles. The lowest BCUT2D eigenvalue weighted by atomic mass is 10.1. The maximum atomic E-state index is 11.8. The zero-order valence-corrected chi connectivity index (χ0v) is 12.6. The first-order valence-electron chi connectivity index (χ1n) is 6.43. The van der Waals surface area contributed by atoms with Gasteiger partial charge in [0.1, 0.15) is 12.0 Å². The molecule has 3 N–H and O–H groups in total. The summed E-state index contributed by atoms with van der Waals surface area (Å²) in [4.78, 5) is 24.8. The van der Waals surface area contributed by atoms with Gasteiger partial charge in [-0.15, -0.1) is 0 Å². The second-order valence-electron chi connectivity index (χ2n) is 4.61. The lowest BCUT2D eigenvalue weighted by Crippen LogP contribution is -2.27. The maximum Gasteiger partial charge on any atom is 0.472 e. The second kappa shape index (κ2) is 6.25. The van der Waals surface area contributed by atoms with Crippen molar-refractivity contribution >= 4 is 13.6 Å². The molecule has 0 saturated carbocycles. The number of ether oxygens (including phenoxy) is 1. The van der Waals surface area contributed by atoms with Gasteiger partial charge >= 0.3 is 13.5 Å². The monoisotopic (exact) mass is 319 g/mol. The molecule has 0 radical (unpaired) electrons. The van der Waals surface area contributed by atoms with Crippen LogP contribution in [0, 0.1) is 0 Å². The molecule has 4 atom stereocenters. The van der Waals surface area contributed by atoms with Crippen molar-refractivity contribution in [1.82, 2.24) is 9.55 Å². The van der Waals surface area contributed by atoms with Crippen LogP contribution in [-0.2, 0) is 18.3 Å². The van der Waals surface area contributed by atoms with E-state index in [1.165, 1.54) is 16.8 Å². The fraction of sp³-hybridized carbons (Fsp3) is 0.636. The molecule has 1 aromatic heterocycles. The number of hydrogen-bond acceptors (Lipinski definition) is 7. The molecule has 21 heavy (non-hydrogen) atoms. The van der Waals surface area contributed by atoms with Crippen molar-refractivity contribution in [3.63, 3.8) is 0 Å². The van der Waals surface area contributed by atoms with Crippen molar-refractivity contribution < 1.29 is 23.2 Å². The van der Waals surface area contributed by atoms with Gasteiger partial charge in [0.2, 0.25) is 0 Å². The summed E-state index contributed by atoms with van der Waals surface area (Å²) in [6.45, 7) is 1.85. The summed E-state index contributed by atoms with van der Waals surface area (Å²) in [7, 11) is -3.03. The summed E-state index contributed by atoms with van der Waals surface area (Å²) in [5, 5.41) is 0. The lowest BCUT2D eigenvalue weighted by molar-refractivity contribution is -0.0221. The van der Waals surface area contributed by atoms with Gasteiger partial charge < -0.3 is 15.4 Å². The summed E-state index contributed by atoms with van der Waals surface area (Å²) in [5.41, 5.74) is 4.88. The Hall–Kier alpha value is -1.25. The highest BCUT2D eigenvalue weighted by Crippen LogP contribution is 2.47. The number of nitrogens with zero attached hydrogens (tertiary/aromatic N) is 2. The minimum absolute atomic E-state index is 0.119. The van der Waals surface area contributed by atoms with E-state index in [4.69, 9.17) is 15.0 Å². The van der Waals surface area contributed by atoms with Crippen molar-refractivity contribution in [3.8, 4) is 0 Å². The highest BCUT2D eigenvalue weighted by Gasteiger charge is 2.40. The number of hydrogen-bond donors (Lipinski definition) is 2. The van der Waals surface area contributed by atoms with Crippen molar-refractivity contribution in [2.24, 2.45) is 0 Å². The zero-order valence-electron chi connectivity index (χ0n) is 11.7. The average Bonchev–Trinajstić information content (AvgIpc) is 2.80. The van der Waals surface area contributed by atoms with E-state index < -0.39 is 31.9 Å². The van der Waals surface area contributed by atoms with Gasteiger partial charge in [-0.2, -0.15) is 4.98 Å². The van der Waals surface area contributed by atoms with Crippen LogP contribution in [-0.4, -0.2) is 33.8 Å². The van der Waals surface area contributed by atoms with E-state index in [9.17, 15) is 14.3 Å². The third-order valence-electron chi connectivity index (χ3n) is 3.24. The first kappa shape index (κ1) is 16.1. The molecule has 2 rings (SSSR count). The number of phosphoric ester groups is 1. The largest absolute Gasteiger partial charge is 0.472 e. The molecule has 1 aliphatic heterocycles. The van der Waals surface area contributed by atoms with Gasteiger partial charge in [0.05, 0.1) is 12.2 Å². The summed E-state index contributed by atoms with van der Waals surface area (Å²) >= 11 is 0. The number of nitrogen functional groups attached to an aromatic ring is 1. The van der Waals surface area contributed by atoms with E-state index in [2.05, 4.69) is 9.51 Å². The predicted octanol–water partition coefficient (Wildman–Crippen LogP) is 0.655. The average molecular weight is 319 g/mol. The van der Waals surface area contributed by atoms with Gasteiger partial charge in [-0.1, -0.05) is 6.92 Å². The lowest BCUT2D eigenvalue weighted by Gasteiger charge is -2.18. The number of phosphoric acid groups is 1. The molecule has 118 valence electrons. The van der Waals surface area contributed by atoms with E-state index in [-0.39, 0.29) is 12.2 Å². The van der Waals surface area contributed by atoms with Crippen LogP contribution in [0.2, 0.25) is 0 Å². The SMILES string of the molecule is CC[C@H]1OC(n2ccc(N)nc2=O)C[C@H]1OP(=O)(O)OC. The molecule has 0 aliphatic carbocycles. The Balaban J connectivity index is 2.18. The molecule has 1 aliphatic rings. The molecule has 0 bridgehead atoms. The van der Waals surface area contributed by atoms with Crippen LogP contribution >= 0.6 is 7.82 Å². The summed E-state index contributed by atoms with van der Waals surface area (Å²) in [6, 6.07) is 1.48. The zero-order chi connectivity index (χ0) is 15.6. The smallest absolute Gasteiger partial charge is 0.383 e. The van der Waals surface area contributed by atoms with Gasteiger partial charge in [-0.3, -0.25) is 13.6 Å². The van der Waals surface area contributed by atoms with Crippen LogP contribution in [0.3, 0.4) is 0 Å². The molecule has 1 fully saturated rings. The fourth-order valence-electron chi connectivity index (χ4n) is 2.20. The van der Waals surface area contributed by atoms with E-state index in [1.807, 2.05) is 6.92 Å². The van der Waals surface area contributed by atoms with Crippen molar-refractivity contribution in [1.29, 1.82) is 0 Å².